The van der Waals surface area contributed by atoms with Gasteiger partial charge in [0.25, 0.3) is 0 Å². The number of halogens is 1. The van der Waals surface area contributed by atoms with Crippen molar-refractivity contribution in [1.29, 1.82) is 0 Å². The Balaban J connectivity index is 0.00000484. The van der Waals surface area contributed by atoms with Crippen LogP contribution in [0.3, 0.4) is 0 Å². The molecule has 0 bridgehead atoms. The summed E-state index contributed by atoms with van der Waals surface area (Å²) in [5.74, 6) is 1.38. The third-order valence-corrected chi connectivity index (χ3v) is 3.33. The predicted molar refractivity (Wildman–Crippen MR) is 102 cm³/mol. The maximum absolute atomic E-state index is 5.66. The van der Waals surface area contributed by atoms with E-state index in [9.17, 15) is 0 Å². The molecule has 0 aliphatic carbocycles. The van der Waals surface area contributed by atoms with Crippen molar-refractivity contribution in [1.82, 2.24) is 10.6 Å². The average Bonchev–Trinajstić information content (AvgIpc) is 3.05. The number of guanidine groups is 1. The average molecular weight is 445 g/mol. The van der Waals surface area contributed by atoms with Crippen molar-refractivity contribution in [3.63, 3.8) is 0 Å². The van der Waals surface area contributed by atoms with Crippen LogP contribution in [0.5, 0.6) is 0 Å². The molecule has 0 aromatic rings. The smallest absolute Gasteiger partial charge is 0.191 e. The standard InChI is InChI=1S/C15H31N3O4.HI/c1-16-15(18-6-9-20-11-10-19-2)17-5-3-7-21-12-14-4-8-22-13-14;/h14H,3-13H2,1-2H3,(H2,16,17,18);1H. The Morgan fingerprint density at radius 1 is 1.13 bits per heavy atom. The van der Waals surface area contributed by atoms with Gasteiger partial charge in [-0.05, 0) is 12.8 Å². The lowest BCUT2D eigenvalue weighted by molar-refractivity contribution is 0.0733. The van der Waals surface area contributed by atoms with Gasteiger partial charge in [-0.25, -0.2) is 0 Å². The summed E-state index contributed by atoms with van der Waals surface area (Å²) in [4.78, 5) is 4.16. The second-order valence-electron chi connectivity index (χ2n) is 5.19. The molecule has 0 aromatic heterocycles. The minimum Gasteiger partial charge on any atom is -0.382 e. The summed E-state index contributed by atoms with van der Waals surface area (Å²) in [5.41, 5.74) is 0. The van der Waals surface area contributed by atoms with Crippen molar-refractivity contribution in [2.75, 3.05) is 73.5 Å². The van der Waals surface area contributed by atoms with Gasteiger partial charge in [0, 0.05) is 46.4 Å². The molecular weight excluding hydrogens is 413 g/mol. The number of hydrogen-bond acceptors (Lipinski definition) is 5. The van der Waals surface area contributed by atoms with E-state index in [-0.39, 0.29) is 24.0 Å². The molecule has 0 aromatic carbocycles. The van der Waals surface area contributed by atoms with E-state index >= 15 is 0 Å². The lowest BCUT2D eigenvalue weighted by Gasteiger charge is -2.12. The highest BCUT2D eigenvalue weighted by atomic mass is 127. The van der Waals surface area contributed by atoms with Crippen LogP contribution in [0.4, 0.5) is 0 Å². The van der Waals surface area contributed by atoms with E-state index in [1.54, 1.807) is 14.2 Å². The Hall–Kier alpha value is -0.160. The van der Waals surface area contributed by atoms with Crippen LogP contribution >= 0.6 is 24.0 Å². The molecule has 2 N–H and O–H groups in total. The largest absolute Gasteiger partial charge is 0.382 e. The molecule has 1 aliphatic heterocycles. The zero-order valence-electron chi connectivity index (χ0n) is 14.3. The van der Waals surface area contributed by atoms with Crippen LogP contribution in [0.2, 0.25) is 0 Å². The fourth-order valence-corrected chi connectivity index (χ4v) is 2.05. The molecule has 0 spiro atoms. The normalized spacial score (nSPS) is 17.8. The predicted octanol–water partition coefficient (Wildman–Crippen LogP) is 0.876. The maximum atomic E-state index is 5.66. The summed E-state index contributed by atoms with van der Waals surface area (Å²) in [6, 6.07) is 0. The molecule has 0 saturated carbocycles. The summed E-state index contributed by atoms with van der Waals surface area (Å²) in [6.07, 6.45) is 2.08. The third kappa shape index (κ3) is 12.9. The Morgan fingerprint density at radius 3 is 2.65 bits per heavy atom. The van der Waals surface area contributed by atoms with Crippen LogP contribution in [0, 0.1) is 5.92 Å². The fraction of sp³-hybridized carbons (Fsp3) is 0.933. The molecule has 1 fully saturated rings. The molecule has 0 radical (unpaired) electrons. The van der Waals surface area contributed by atoms with Crippen LogP contribution < -0.4 is 10.6 Å². The number of nitrogens with zero attached hydrogens (tertiary/aromatic N) is 1. The first kappa shape index (κ1) is 22.8. The second kappa shape index (κ2) is 16.7. The van der Waals surface area contributed by atoms with Crippen molar-refractivity contribution in [3.8, 4) is 0 Å². The second-order valence-corrected chi connectivity index (χ2v) is 5.19. The van der Waals surface area contributed by atoms with Crippen LogP contribution in [0.25, 0.3) is 0 Å². The lowest BCUT2D eigenvalue weighted by Crippen LogP contribution is -2.39. The zero-order valence-corrected chi connectivity index (χ0v) is 16.7. The summed E-state index contributed by atoms with van der Waals surface area (Å²) >= 11 is 0. The van der Waals surface area contributed by atoms with Crippen LogP contribution in [-0.2, 0) is 18.9 Å². The molecule has 138 valence electrons. The fourth-order valence-electron chi connectivity index (χ4n) is 2.05. The van der Waals surface area contributed by atoms with E-state index in [1.165, 1.54) is 0 Å². The van der Waals surface area contributed by atoms with E-state index in [4.69, 9.17) is 18.9 Å². The Kier molecular flexibility index (Phi) is 16.6. The van der Waals surface area contributed by atoms with Crippen LogP contribution in [0.15, 0.2) is 4.99 Å². The van der Waals surface area contributed by atoms with Gasteiger partial charge in [0.2, 0.25) is 0 Å². The van der Waals surface area contributed by atoms with Gasteiger partial charge in [0.05, 0.1) is 33.0 Å². The quantitative estimate of drug-likeness (QED) is 0.201. The van der Waals surface area contributed by atoms with Gasteiger partial charge in [0.1, 0.15) is 0 Å². The minimum absolute atomic E-state index is 0. The Bertz CT molecular complexity index is 290. The van der Waals surface area contributed by atoms with Crippen molar-refractivity contribution < 1.29 is 18.9 Å². The van der Waals surface area contributed by atoms with Gasteiger partial charge in [-0.3, -0.25) is 4.99 Å². The van der Waals surface area contributed by atoms with Crippen LogP contribution in [0.1, 0.15) is 12.8 Å². The topological polar surface area (TPSA) is 73.3 Å². The molecule has 1 atom stereocenters. The van der Waals surface area contributed by atoms with Crippen molar-refractivity contribution in [3.05, 3.63) is 0 Å². The van der Waals surface area contributed by atoms with Crippen molar-refractivity contribution in [2.24, 2.45) is 10.9 Å². The molecule has 7 nitrogen and oxygen atoms in total. The summed E-state index contributed by atoms with van der Waals surface area (Å²) < 4.78 is 21.3. The van der Waals surface area contributed by atoms with Crippen LogP contribution in [-0.4, -0.2) is 79.5 Å². The molecule has 1 heterocycles. The molecule has 8 heteroatoms. The first-order valence-corrected chi connectivity index (χ1v) is 8.03. The zero-order chi connectivity index (χ0) is 15.9. The first-order valence-electron chi connectivity index (χ1n) is 8.03. The van der Waals surface area contributed by atoms with E-state index < -0.39 is 0 Å². The van der Waals surface area contributed by atoms with Gasteiger partial charge < -0.3 is 29.6 Å². The van der Waals surface area contributed by atoms with Gasteiger partial charge in [-0.2, -0.15) is 0 Å². The SMILES string of the molecule is CN=C(NCCCOCC1CCOC1)NCCOCCOC.I. The lowest BCUT2D eigenvalue weighted by atomic mass is 10.1. The Labute approximate surface area is 156 Å². The number of hydrogen-bond donors (Lipinski definition) is 2. The van der Waals surface area contributed by atoms with Gasteiger partial charge in [-0.15, -0.1) is 24.0 Å². The third-order valence-electron chi connectivity index (χ3n) is 3.33. The maximum Gasteiger partial charge on any atom is 0.191 e. The number of methoxy groups -OCH3 is 1. The molecule has 1 unspecified atom stereocenters. The van der Waals surface area contributed by atoms with E-state index in [0.29, 0.717) is 25.7 Å². The summed E-state index contributed by atoms with van der Waals surface area (Å²) in [5, 5.41) is 6.45. The Morgan fingerprint density at radius 2 is 1.96 bits per heavy atom. The molecular formula is C15H32IN3O4. The highest BCUT2D eigenvalue weighted by molar-refractivity contribution is 14.0. The highest BCUT2D eigenvalue weighted by Gasteiger charge is 2.15. The van der Waals surface area contributed by atoms with Gasteiger partial charge in [-0.1, -0.05) is 0 Å². The van der Waals surface area contributed by atoms with E-state index in [2.05, 4.69) is 15.6 Å². The number of rotatable bonds is 12. The first-order chi connectivity index (χ1) is 10.9. The van der Waals surface area contributed by atoms with Crippen molar-refractivity contribution in [2.45, 2.75) is 12.8 Å². The van der Waals surface area contributed by atoms with Gasteiger partial charge in [0.15, 0.2) is 5.96 Å². The molecule has 1 saturated heterocycles. The summed E-state index contributed by atoms with van der Waals surface area (Å²) in [7, 11) is 3.43. The molecule has 0 amide bonds. The molecule has 1 aliphatic rings. The number of aliphatic imine (C=N–C) groups is 1. The molecule has 23 heavy (non-hydrogen) atoms. The van der Waals surface area contributed by atoms with Gasteiger partial charge >= 0.3 is 0 Å². The monoisotopic (exact) mass is 445 g/mol. The molecule has 1 rings (SSSR count). The van der Waals surface area contributed by atoms with Crippen molar-refractivity contribution >= 4 is 29.9 Å². The number of nitrogens with one attached hydrogen (secondary N) is 2. The number of ether oxygens (including phenoxy) is 4. The highest BCUT2D eigenvalue weighted by Crippen LogP contribution is 2.12. The van der Waals surface area contributed by atoms with E-state index in [0.717, 1.165) is 58.3 Å². The van der Waals surface area contributed by atoms with E-state index in [1.807, 2.05) is 0 Å². The summed E-state index contributed by atoms with van der Waals surface area (Å²) in [6.45, 7) is 6.75. The minimum atomic E-state index is 0.